The van der Waals surface area contributed by atoms with E-state index in [1.165, 1.54) is 12.1 Å². The summed E-state index contributed by atoms with van der Waals surface area (Å²) < 4.78 is 52.3. The molecule has 4 aliphatic heterocycles. The lowest BCUT2D eigenvalue weighted by Crippen LogP contribution is -2.51. The van der Waals surface area contributed by atoms with Crippen LogP contribution in [0.5, 0.6) is 5.88 Å². The highest BCUT2D eigenvalue weighted by molar-refractivity contribution is 7.22. The van der Waals surface area contributed by atoms with Crippen molar-refractivity contribution in [3.05, 3.63) is 40.9 Å². The van der Waals surface area contributed by atoms with Gasteiger partial charge >= 0.3 is 0 Å². The third-order valence-corrected chi connectivity index (χ3v) is 10.7. The van der Waals surface area contributed by atoms with Gasteiger partial charge in [-0.3, -0.25) is 4.90 Å². The molecule has 3 unspecified atom stereocenters. The van der Waals surface area contributed by atoms with Gasteiger partial charge in [-0.05, 0) is 50.4 Å². The molecule has 3 N–H and O–H groups in total. The summed E-state index contributed by atoms with van der Waals surface area (Å²) in [6.45, 7) is 3.11. The van der Waals surface area contributed by atoms with Gasteiger partial charge in [0.05, 0.1) is 26.5 Å². The third kappa shape index (κ3) is 4.23. The Hall–Kier alpha value is -2.86. The highest BCUT2D eigenvalue weighted by Crippen LogP contribution is 2.45. The smallest absolute Gasteiger partial charge is 0.216 e. The molecule has 4 atom stereocenters. The SMILES string of the molecule is Nc1nc2c(-c3c(Cl)cc4c(N5CC6CCC(C5)N6)cc(OCC56CCCN5C[C@H](F)C6)nc4c3F)ccc(F)c2s1. The maximum atomic E-state index is 16.7. The molecule has 2 bridgehead atoms. The van der Waals surface area contributed by atoms with Crippen molar-refractivity contribution in [2.75, 3.05) is 43.4 Å². The number of nitrogens with two attached hydrogens (primary N) is 1. The van der Waals surface area contributed by atoms with Crippen LogP contribution in [0.15, 0.2) is 24.3 Å². The Kier molecular flexibility index (Phi) is 6.26. The van der Waals surface area contributed by atoms with E-state index in [-0.39, 0.29) is 43.6 Å². The molecule has 2 aromatic heterocycles. The average molecular weight is 615 g/mol. The monoisotopic (exact) mass is 614 g/mol. The summed E-state index contributed by atoms with van der Waals surface area (Å²) in [4.78, 5) is 13.4. The molecular formula is C30H30ClF3N6OS. The zero-order chi connectivity index (χ0) is 28.7. The molecule has 0 saturated carbocycles. The Morgan fingerprint density at radius 3 is 2.74 bits per heavy atom. The molecule has 4 fully saturated rings. The number of nitrogen functional groups attached to an aromatic ring is 1. The number of nitrogens with one attached hydrogen (secondary N) is 1. The minimum absolute atomic E-state index is 0.0899. The number of ether oxygens (including phenoxy) is 1. The second-order valence-electron chi connectivity index (χ2n) is 12.2. The molecule has 220 valence electrons. The van der Waals surface area contributed by atoms with Crippen molar-refractivity contribution in [1.29, 1.82) is 0 Å². The molecule has 2 aromatic carbocycles. The molecule has 0 amide bonds. The van der Waals surface area contributed by atoms with E-state index in [0.717, 1.165) is 62.3 Å². The van der Waals surface area contributed by atoms with Crippen molar-refractivity contribution in [1.82, 2.24) is 20.2 Å². The number of pyridine rings is 1. The summed E-state index contributed by atoms with van der Waals surface area (Å²) in [5.74, 6) is -0.819. The number of benzene rings is 2. The lowest BCUT2D eigenvalue weighted by molar-refractivity contribution is 0.111. The normalized spacial score (nSPS) is 27.4. The molecule has 4 aromatic rings. The second kappa shape index (κ2) is 9.83. The number of hydrogen-bond acceptors (Lipinski definition) is 8. The van der Waals surface area contributed by atoms with Crippen LogP contribution < -0.4 is 20.7 Å². The Labute approximate surface area is 249 Å². The molecule has 4 saturated heterocycles. The highest BCUT2D eigenvalue weighted by atomic mass is 35.5. The number of anilines is 2. The van der Waals surface area contributed by atoms with Crippen molar-refractivity contribution in [3.63, 3.8) is 0 Å². The Morgan fingerprint density at radius 1 is 1.12 bits per heavy atom. The molecule has 42 heavy (non-hydrogen) atoms. The third-order valence-electron chi connectivity index (χ3n) is 9.54. The molecule has 12 heteroatoms. The van der Waals surface area contributed by atoms with Gasteiger partial charge in [-0.2, -0.15) is 0 Å². The predicted molar refractivity (Wildman–Crippen MR) is 160 cm³/mol. The number of piperazine rings is 1. The van der Waals surface area contributed by atoms with Gasteiger partial charge in [0.25, 0.3) is 0 Å². The van der Waals surface area contributed by atoms with Gasteiger partial charge in [0, 0.05) is 60.7 Å². The highest BCUT2D eigenvalue weighted by Gasteiger charge is 2.49. The first kappa shape index (κ1) is 26.7. The Morgan fingerprint density at radius 2 is 1.93 bits per heavy atom. The number of rotatable bonds is 5. The van der Waals surface area contributed by atoms with E-state index in [1.807, 2.05) is 6.07 Å². The first-order valence-electron chi connectivity index (χ1n) is 14.5. The Balaban J connectivity index is 1.27. The minimum Gasteiger partial charge on any atom is -0.476 e. The van der Waals surface area contributed by atoms with Crippen molar-refractivity contribution in [3.8, 4) is 17.0 Å². The van der Waals surface area contributed by atoms with Crippen LogP contribution in [-0.4, -0.2) is 71.4 Å². The minimum atomic E-state index is -0.875. The summed E-state index contributed by atoms with van der Waals surface area (Å²) in [7, 11) is 0. The van der Waals surface area contributed by atoms with Crippen molar-refractivity contribution in [2.45, 2.75) is 55.9 Å². The van der Waals surface area contributed by atoms with Gasteiger partial charge in [-0.25, -0.2) is 23.1 Å². The van der Waals surface area contributed by atoms with E-state index in [9.17, 15) is 8.78 Å². The van der Waals surface area contributed by atoms with E-state index in [0.29, 0.717) is 41.9 Å². The van der Waals surface area contributed by atoms with Gasteiger partial charge < -0.3 is 20.7 Å². The second-order valence-corrected chi connectivity index (χ2v) is 13.6. The molecule has 7 nitrogen and oxygen atoms in total. The first-order valence-corrected chi connectivity index (χ1v) is 15.7. The quantitative estimate of drug-likeness (QED) is 0.289. The van der Waals surface area contributed by atoms with Gasteiger partial charge in [-0.15, -0.1) is 0 Å². The molecule has 0 aliphatic carbocycles. The van der Waals surface area contributed by atoms with Gasteiger partial charge in [-0.1, -0.05) is 22.9 Å². The summed E-state index contributed by atoms with van der Waals surface area (Å²) in [5, 5.41) is 4.58. The maximum Gasteiger partial charge on any atom is 0.216 e. The average Bonchev–Trinajstić information content (AvgIpc) is 3.70. The van der Waals surface area contributed by atoms with E-state index in [4.69, 9.17) is 22.1 Å². The van der Waals surface area contributed by atoms with Crippen molar-refractivity contribution < 1.29 is 17.9 Å². The zero-order valence-electron chi connectivity index (χ0n) is 22.8. The topological polar surface area (TPSA) is 79.5 Å². The number of nitrogens with zero attached hydrogens (tertiary/aromatic N) is 4. The standard InChI is InChI=1S/C30H30ClF3N6OS/c31-20-8-19-22(39-12-16-2-3-17(13-39)36-16)9-23(41-14-30-6-1-7-40(30)11-15(32)10-30)37-26(19)25(34)24(20)18-4-5-21(33)28-27(18)38-29(35)42-28/h4-5,8-9,15-17,36H,1-3,6-7,10-14H2,(H2,35,38)/t15-,16?,17?,30?/m1/s1. The maximum absolute atomic E-state index is 16.7. The summed E-state index contributed by atoms with van der Waals surface area (Å²) in [6.07, 6.45) is 3.60. The fraction of sp³-hybridized carbons (Fsp3) is 0.467. The van der Waals surface area contributed by atoms with Crippen molar-refractivity contribution in [2.24, 2.45) is 0 Å². The van der Waals surface area contributed by atoms with Crippen LogP contribution in [0.25, 0.3) is 32.2 Å². The fourth-order valence-corrected chi connectivity index (χ4v) is 8.74. The molecular weight excluding hydrogens is 585 g/mol. The van der Waals surface area contributed by atoms with Gasteiger partial charge in [0.1, 0.15) is 24.1 Å². The molecule has 0 spiro atoms. The van der Waals surface area contributed by atoms with Crippen molar-refractivity contribution >= 4 is 54.9 Å². The number of fused-ring (bicyclic) bond motifs is 5. The molecule has 0 radical (unpaired) electrons. The fourth-order valence-electron chi connectivity index (χ4n) is 7.68. The van der Waals surface area contributed by atoms with Crippen LogP contribution in [0.4, 0.5) is 24.0 Å². The largest absolute Gasteiger partial charge is 0.476 e. The number of aromatic nitrogens is 2. The van der Waals surface area contributed by atoms with E-state index >= 15 is 4.39 Å². The van der Waals surface area contributed by atoms with Crippen LogP contribution in [0.1, 0.15) is 32.1 Å². The number of halogens is 4. The van der Waals surface area contributed by atoms with E-state index < -0.39 is 17.8 Å². The lowest BCUT2D eigenvalue weighted by Gasteiger charge is -2.35. The lowest BCUT2D eigenvalue weighted by atomic mass is 9.95. The summed E-state index contributed by atoms with van der Waals surface area (Å²) >= 11 is 7.82. The zero-order valence-corrected chi connectivity index (χ0v) is 24.4. The van der Waals surface area contributed by atoms with Crippen LogP contribution >= 0.6 is 22.9 Å². The van der Waals surface area contributed by atoms with Crippen LogP contribution in [0.3, 0.4) is 0 Å². The van der Waals surface area contributed by atoms with Gasteiger partial charge in [0.15, 0.2) is 10.9 Å². The molecule has 8 rings (SSSR count). The molecule has 4 aliphatic rings. The van der Waals surface area contributed by atoms with Gasteiger partial charge in [0.2, 0.25) is 5.88 Å². The molecule has 6 heterocycles. The van der Waals surface area contributed by atoms with Crippen LogP contribution in [0, 0.1) is 11.6 Å². The van der Waals surface area contributed by atoms with Crippen LogP contribution in [0.2, 0.25) is 5.02 Å². The van der Waals surface area contributed by atoms with Crippen LogP contribution in [-0.2, 0) is 0 Å². The summed E-state index contributed by atoms with van der Waals surface area (Å²) in [5.41, 5.74) is 7.15. The van der Waals surface area contributed by atoms with E-state index in [2.05, 4.69) is 25.1 Å². The first-order chi connectivity index (χ1) is 20.3. The Bertz CT molecular complexity index is 1720. The number of thiazole rings is 1. The number of alkyl halides is 1. The predicted octanol–water partition coefficient (Wildman–Crippen LogP) is 5.92. The number of hydrogen-bond donors (Lipinski definition) is 2. The summed E-state index contributed by atoms with van der Waals surface area (Å²) in [6, 6.07) is 7.06. The van der Waals surface area contributed by atoms with E-state index in [1.54, 1.807) is 6.07 Å².